The minimum atomic E-state index is 0.146. The average molecular weight is 294 g/mol. The fourth-order valence-corrected chi connectivity index (χ4v) is 2.76. The van der Waals surface area contributed by atoms with E-state index in [1.165, 1.54) is 6.42 Å². The highest BCUT2D eigenvalue weighted by Gasteiger charge is 2.22. The summed E-state index contributed by atoms with van der Waals surface area (Å²) in [6.07, 6.45) is 4.52. The number of aliphatic hydroxyl groups excluding tert-OH is 1. The van der Waals surface area contributed by atoms with Crippen molar-refractivity contribution in [2.45, 2.75) is 45.3 Å². The topological polar surface area (TPSA) is 70.5 Å². The molecule has 21 heavy (non-hydrogen) atoms. The molecule has 6 nitrogen and oxygen atoms in total. The molecule has 2 N–H and O–H groups in total. The summed E-state index contributed by atoms with van der Waals surface area (Å²) in [5, 5.41) is 12.9. The number of hydrogen-bond donors (Lipinski definition) is 2. The normalized spacial score (nSPS) is 19.4. The lowest BCUT2D eigenvalue weighted by molar-refractivity contribution is 0.178. The predicted octanol–water partition coefficient (Wildman–Crippen LogP) is 1.80. The van der Waals surface area contributed by atoms with Crippen LogP contribution in [0.2, 0.25) is 0 Å². The summed E-state index contributed by atoms with van der Waals surface area (Å²) in [7, 11) is 1.64. The van der Waals surface area contributed by atoms with Gasteiger partial charge in [0, 0.05) is 26.3 Å². The summed E-state index contributed by atoms with van der Waals surface area (Å²) in [4.78, 5) is 11.3. The molecule has 2 rings (SSSR count). The first-order valence-corrected chi connectivity index (χ1v) is 7.76. The highest BCUT2D eigenvalue weighted by molar-refractivity contribution is 5.50. The number of ether oxygens (including phenoxy) is 1. The molecule has 2 heterocycles. The smallest absolute Gasteiger partial charge is 0.158 e. The molecule has 0 aromatic carbocycles. The van der Waals surface area contributed by atoms with E-state index < -0.39 is 0 Å². The van der Waals surface area contributed by atoms with Gasteiger partial charge in [-0.15, -0.1) is 0 Å². The molecule has 1 atom stereocenters. The van der Waals surface area contributed by atoms with Crippen LogP contribution in [0.15, 0.2) is 6.07 Å². The van der Waals surface area contributed by atoms with E-state index in [0.717, 1.165) is 44.0 Å². The van der Waals surface area contributed by atoms with Gasteiger partial charge < -0.3 is 20.1 Å². The molecule has 0 saturated carbocycles. The fourth-order valence-electron chi connectivity index (χ4n) is 2.76. The van der Waals surface area contributed by atoms with E-state index in [1.807, 2.05) is 13.0 Å². The van der Waals surface area contributed by atoms with Crippen LogP contribution in [-0.4, -0.2) is 47.9 Å². The first kappa shape index (κ1) is 16.0. The SMILES string of the molecule is CCNc1cc(N2CCCCCC2CO)nc(COC)n1. The van der Waals surface area contributed by atoms with Gasteiger partial charge in [0.05, 0.1) is 12.6 Å². The molecule has 1 unspecified atom stereocenters. The summed E-state index contributed by atoms with van der Waals surface area (Å²) < 4.78 is 5.16. The van der Waals surface area contributed by atoms with Crippen LogP contribution in [0.25, 0.3) is 0 Å². The maximum Gasteiger partial charge on any atom is 0.158 e. The summed E-state index contributed by atoms with van der Waals surface area (Å²) in [5.74, 6) is 2.37. The Labute approximate surface area is 126 Å². The largest absolute Gasteiger partial charge is 0.394 e. The zero-order valence-corrected chi connectivity index (χ0v) is 13.0. The summed E-state index contributed by atoms with van der Waals surface area (Å²) in [6.45, 7) is 4.34. The summed E-state index contributed by atoms with van der Waals surface area (Å²) in [5.41, 5.74) is 0. The maximum atomic E-state index is 9.67. The molecule has 1 aromatic rings. The average Bonchev–Trinajstić information content (AvgIpc) is 2.73. The molecule has 1 aromatic heterocycles. The van der Waals surface area contributed by atoms with E-state index in [4.69, 9.17) is 4.74 Å². The van der Waals surface area contributed by atoms with Crippen LogP contribution in [0.3, 0.4) is 0 Å². The Balaban J connectivity index is 2.29. The molecule has 1 fully saturated rings. The Kier molecular flexibility index (Phi) is 6.20. The standard InChI is InChI=1S/C15H26N4O2/c1-3-16-13-9-15(18-14(17-13)11-21-2)19-8-6-4-5-7-12(19)10-20/h9,12,20H,3-8,10-11H2,1-2H3,(H,16,17,18). The quantitative estimate of drug-likeness (QED) is 0.833. The third kappa shape index (κ3) is 4.28. The molecule has 118 valence electrons. The van der Waals surface area contributed by atoms with Gasteiger partial charge in [0.2, 0.25) is 0 Å². The minimum Gasteiger partial charge on any atom is -0.394 e. The van der Waals surface area contributed by atoms with Crippen LogP contribution in [0.5, 0.6) is 0 Å². The van der Waals surface area contributed by atoms with Crippen molar-refractivity contribution in [3.63, 3.8) is 0 Å². The predicted molar refractivity (Wildman–Crippen MR) is 83.6 cm³/mol. The number of nitrogens with one attached hydrogen (secondary N) is 1. The Bertz CT molecular complexity index is 417. The highest BCUT2D eigenvalue weighted by atomic mass is 16.5. The molecule has 0 spiro atoms. The van der Waals surface area contributed by atoms with Gasteiger partial charge in [-0.25, -0.2) is 9.97 Å². The third-order valence-electron chi connectivity index (χ3n) is 3.77. The lowest BCUT2D eigenvalue weighted by atomic mass is 10.1. The highest BCUT2D eigenvalue weighted by Crippen LogP contribution is 2.24. The molecule has 1 aliphatic rings. The van der Waals surface area contributed by atoms with E-state index >= 15 is 0 Å². The van der Waals surface area contributed by atoms with Crippen molar-refractivity contribution in [1.82, 2.24) is 9.97 Å². The number of anilines is 2. The monoisotopic (exact) mass is 294 g/mol. The zero-order chi connectivity index (χ0) is 15.1. The van der Waals surface area contributed by atoms with Crippen molar-refractivity contribution in [2.24, 2.45) is 0 Å². The first-order valence-electron chi connectivity index (χ1n) is 7.76. The molecule has 0 bridgehead atoms. The van der Waals surface area contributed by atoms with Crippen molar-refractivity contribution in [3.8, 4) is 0 Å². The second-order valence-corrected chi connectivity index (χ2v) is 5.37. The number of methoxy groups -OCH3 is 1. The summed E-state index contributed by atoms with van der Waals surface area (Å²) >= 11 is 0. The third-order valence-corrected chi connectivity index (χ3v) is 3.77. The van der Waals surface area contributed by atoms with Gasteiger partial charge in [0.15, 0.2) is 5.82 Å². The van der Waals surface area contributed by atoms with Crippen molar-refractivity contribution in [3.05, 3.63) is 11.9 Å². The van der Waals surface area contributed by atoms with Crippen LogP contribution in [-0.2, 0) is 11.3 Å². The van der Waals surface area contributed by atoms with Crippen LogP contribution in [0.1, 0.15) is 38.4 Å². The Hall–Kier alpha value is -1.40. The van der Waals surface area contributed by atoms with E-state index in [-0.39, 0.29) is 12.6 Å². The molecule has 1 saturated heterocycles. The number of rotatable bonds is 6. The van der Waals surface area contributed by atoms with Gasteiger partial charge in [0.1, 0.15) is 18.2 Å². The van der Waals surface area contributed by atoms with Gasteiger partial charge in [-0.2, -0.15) is 0 Å². The van der Waals surface area contributed by atoms with Gasteiger partial charge in [0.25, 0.3) is 0 Å². The fraction of sp³-hybridized carbons (Fsp3) is 0.733. The van der Waals surface area contributed by atoms with E-state index in [0.29, 0.717) is 12.4 Å². The number of aliphatic hydroxyl groups is 1. The molecular weight excluding hydrogens is 268 g/mol. The van der Waals surface area contributed by atoms with Gasteiger partial charge >= 0.3 is 0 Å². The lowest BCUT2D eigenvalue weighted by Crippen LogP contribution is -2.38. The van der Waals surface area contributed by atoms with Gasteiger partial charge in [-0.3, -0.25) is 0 Å². The second-order valence-electron chi connectivity index (χ2n) is 5.37. The lowest BCUT2D eigenvalue weighted by Gasteiger charge is -2.30. The van der Waals surface area contributed by atoms with Crippen molar-refractivity contribution in [1.29, 1.82) is 0 Å². The van der Waals surface area contributed by atoms with E-state index in [9.17, 15) is 5.11 Å². The molecule has 0 aliphatic carbocycles. The molecule has 0 amide bonds. The van der Waals surface area contributed by atoms with Crippen LogP contribution < -0.4 is 10.2 Å². The Morgan fingerprint density at radius 1 is 1.38 bits per heavy atom. The maximum absolute atomic E-state index is 9.67. The Morgan fingerprint density at radius 2 is 2.24 bits per heavy atom. The molecule has 1 aliphatic heterocycles. The summed E-state index contributed by atoms with van der Waals surface area (Å²) in [6, 6.07) is 2.11. The molecule has 0 radical (unpaired) electrons. The molecular formula is C15H26N4O2. The number of aromatic nitrogens is 2. The van der Waals surface area contributed by atoms with Gasteiger partial charge in [-0.05, 0) is 19.8 Å². The molecule has 6 heteroatoms. The van der Waals surface area contributed by atoms with Crippen molar-refractivity contribution < 1.29 is 9.84 Å². The van der Waals surface area contributed by atoms with Crippen molar-refractivity contribution in [2.75, 3.05) is 37.0 Å². The number of nitrogens with zero attached hydrogens (tertiary/aromatic N) is 3. The van der Waals surface area contributed by atoms with Crippen LogP contribution >= 0.6 is 0 Å². The first-order chi connectivity index (χ1) is 10.3. The van der Waals surface area contributed by atoms with Gasteiger partial charge in [-0.1, -0.05) is 12.8 Å². The second kappa shape index (κ2) is 8.14. The zero-order valence-electron chi connectivity index (χ0n) is 13.0. The van der Waals surface area contributed by atoms with E-state index in [2.05, 4.69) is 20.2 Å². The number of hydrogen-bond acceptors (Lipinski definition) is 6. The van der Waals surface area contributed by atoms with Crippen molar-refractivity contribution >= 4 is 11.6 Å². The van der Waals surface area contributed by atoms with E-state index in [1.54, 1.807) is 7.11 Å². The van der Waals surface area contributed by atoms with Crippen LogP contribution in [0.4, 0.5) is 11.6 Å². The minimum absolute atomic E-state index is 0.146. The van der Waals surface area contributed by atoms with Crippen LogP contribution in [0, 0.1) is 0 Å². The Morgan fingerprint density at radius 3 is 2.95 bits per heavy atom.